The van der Waals surface area contributed by atoms with E-state index in [1.54, 1.807) is 24.4 Å². The number of amides is 1. The molecule has 5 aliphatic rings. The van der Waals surface area contributed by atoms with E-state index in [0.717, 1.165) is 24.2 Å². The number of nitrogens with one attached hydrogen (secondary N) is 1. The topological polar surface area (TPSA) is 115 Å². The Morgan fingerprint density at radius 2 is 2.12 bits per heavy atom. The molecule has 3 heterocycles. The molecule has 2 aromatic rings. The Kier molecular flexibility index (Phi) is 4.02. The molecule has 1 aromatic heterocycles. The number of carbonyl (C=O) groups is 1. The van der Waals surface area contributed by atoms with Crippen molar-refractivity contribution in [3.05, 3.63) is 59.1 Å². The second-order valence-corrected chi connectivity index (χ2v) is 10.5. The molecule has 34 heavy (non-hydrogen) atoms. The smallest absolute Gasteiger partial charge is 0.255 e. The summed E-state index contributed by atoms with van der Waals surface area (Å²) in [5.41, 5.74) is 0.268. The van der Waals surface area contributed by atoms with Gasteiger partial charge in [0.1, 0.15) is 5.76 Å². The summed E-state index contributed by atoms with van der Waals surface area (Å²) in [5.74, 6) is 0.346. The maximum atomic E-state index is 13.3. The second kappa shape index (κ2) is 6.73. The summed E-state index contributed by atoms with van der Waals surface area (Å²) in [6.07, 6.45) is 5.88. The summed E-state index contributed by atoms with van der Waals surface area (Å²) >= 11 is 0. The van der Waals surface area contributed by atoms with Crippen molar-refractivity contribution in [2.45, 2.75) is 55.3 Å². The maximum absolute atomic E-state index is 13.3. The van der Waals surface area contributed by atoms with Crippen LogP contribution in [0.5, 0.6) is 11.5 Å². The van der Waals surface area contributed by atoms with Crippen LogP contribution in [0, 0.1) is 5.92 Å². The molecule has 1 amide bonds. The molecule has 1 aromatic carbocycles. The number of likely N-dealkylation sites (tertiary alicyclic amines) is 1. The first-order valence-electron chi connectivity index (χ1n) is 12.0. The molecule has 1 spiro atoms. The van der Waals surface area contributed by atoms with Crippen LogP contribution < -0.4 is 10.1 Å². The fourth-order valence-corrected chi connectivity index (χ4v) is 7.01. The highest BCUT2D eigenvalue weighted by Crippen LogP contribution is 2.66. The highest BCUT2D eigenvalue weighted by molar-refractivity contribution is 6.04. The lowest BCUT2D eigenvalue weighted by molar-refractivity contribution is -0.172. The minimum absolute atomic E-state index is 0.00195. The molecule has 8 nitrogen and oxygen atoms in total. The number of hydrogen-bond donors (Lipinski definition) is 4. The van der Waals surface area contributed by atoms with Gasteiger partial charge < -0.3 is 25.4 Å². The van der Waals surface area contributed by atoms with E-state index in [1.165, 1.54) is 19.0 Å². The molecule has 2 bridgehead atoms. The van der Waals surface area contributed by atoms with Gasteiger partial charge in [-0.05, 0) is 61.9 Å². The van der Waals surface area contributed by atoms with Crippen molar-refractivity contribution in [3.8, 4) is 11.5 Å². The molecule has 4 atom stereocenters. The van der Waals surface area contributed by atoms with Crippen LogP contribution in [0.25, 0.3) is 0 Å². The molecule has 0 radical (unpaired) electrons. The minimum Gasteiger partial charge on any atom is -0.508 e. The number of piperidine rings is 1. The van der Waals surface area contributed by atoms with Crippen LogP contribution in [0.4, 0.5) is 5.69 Å². The zero-order valence-corrected chi connectivity index (χ0v) is 18.7. The predicted molar refractivity (Wildman–Crippen MR) is 123 cm³/mol. The lowest BCUT2D eigenvalue weighted by atomic mass is 9.49. The number of phenolic OH excluding ortho intramolecular Hbond substituents is 1. The molecular formula is C26H27N3O5. The third-order valence-corrected chi connectivity index (χ3v) is 8.71. The van der Waals surface area contributed by atoms with Crippen LogP contribution >= 0.6 is 0 Å². The van der Waals surface area contributed by atoms with Crippen LogP contribution in [0.3, 0.4) is 0 Å². The van der Waals surface area contributed by atoms with Gasteiger partial charge in [-0.3, -0.25) is 14.7 Å². The molecule has 0 unspecified atom stereocenters. The van der Waals surface area contributed by atoms with E-state index in [4.69, 9.17) is 4.74 Å². The molecule has 8 heteroatoms. The van der Waals surface area contributed by atoms with E-state index in [1.807, 2.05) is 6.07 Å². The Labute approximate surface area is 196 Å². The van der Waals surface area contributed by atoms with Gasteiger partial charge in [0.25, 0.3) is 5.91 Å². The summed E-state index contributed by atoms with van der Waals surface area (Å²) in [5, 5.41) is 37.4. The van der Waals surface area contributed by atoms with Crippen molar-refractivity contribution in [2.75, 3.05) is 18.4 Å². The first-order chi connectivity index (χ1) is 16.4. The van der Waals surface area contributed by atoms with E-state index in [9.17, 15) is 20.1 Å². The van der Waals surface area contributed by atoms with E-state index in [-0.39, 0.29) is 29.5 Å². The van der Waals surface area contributed by atoms with Crippen molar-refractivity contribution in [3.63, 3.8) is 0 Å². The number of nitrogens with zero attached hydrogens (tertiary/aromatic N) is 2. The van der Waals surface area contributed by atoms with Crippen molar-refractivity contribution >= 4 is 11.6 Å². The van der Waals surface area contributed by atoms with Gasteiger partial charge in [0.05, 0.1) is 28.5 Å². The van der Waals surface area contributed by atoms with Gasteiger partial charge >= 0.3 is 0 Å². The van der Waals surface area contributed by atoms with Gasteiger partial charge in [0.15, 0.2) is 17.6 Å². The molecule has 2 aliphatic heterocycles. The monoisotopic (exact) mass is 461 g/mol. The summed E-state index contributed by atoms with van der Waals surface area (Å²) in [6, 6.07) is 6.78. The van der Waals surface area contributed by atoms with Gasteiger partial charge in [-0.2, -0.15) is 0 Å². The van der Waals surface area contributed by atoms with Crippen molar-refractivity contribution < 1.29 is 24.9 Å². The van der Waals surface area contributed by atoms with E-state index >= 15 is 0 Å². The highest BCUT2D eigenvalue weighted by Gasteiger charge is 2.73. The molecule has 1 saturated heterocycles. The summed E-state index contributed by atoms with van der Waals surface area (Å²) < 4.78 is 6.22. The molecule has 2 fully saturated rings. The highest BCUT2D eigenvalue weighted by atomic mass is 16.5. The van der Waals surface area contributed by atoms with Crippen LogP contribution in [0.2, 0.25) is 0 Å². The number of hydrogen-bond acceptors (Lipinski definition) is 7. The average Bonchev–Trinajstić information content (AvgIpc) is 3.56. The zero-order chi connectivity index (χ0) is 23.2. The number of ether oxygens (including phenoxy) is 1. The lowest BCUT2D eigenvalue weighted by Crippen LogP contribution is -2.75. The Hall–Kier alpha value is -3.10. The summed E-state index contributed by atoms with van der Waals surface area (Å²) in [6.45, 7) is 1.71. The fourth-order valence-electron chi connectivity index (χ4n) is 7.01. The Balaban J connectivity index is 1.37. The molecule has 176 valence electrons. The average molecular weight is 462 g/mol. The third-order valence-electron chi connectivity index (χ3n) is 8.71. The molecular weight excluding hydrogens is 434 g/mol. The van der Waals surface area contributed by atoms with Gasteiger partial charge in [-0.25, -0.2) is 0 Å². The van der Waals surface area contributed by atoms with E-state index in [2.05, 4.69) is 15.2 Å². The van der Waals surface area contributed by atoms with Crippen molar-refractivity contribution in [1.29, 1.82) is 0 Å². The van der Waals surface area contributed by atoms with Gasteiger partial charge in [0.2, 0.25) is 0 Å². The standard InChI is InChI=1S/C26H27N3O5/c30-18-6-5-15-10-19-26(33)11-17(24(32)28-16-2-1-8-27-12-16)21(31)23-25(26,20(15)22(18)34-23)7-9-29(19)13-14-3-4-14/h1-2,5-6,8,12,14,19,23,30-31,33H,3-4,7,9-11,13H2,(H,28,32)/t19-,23+,25+,26-/m1/s1. The first kappa shape index (κ1) is 20.3. The first-order valence-corrected chi connectivity index (χ1v) is 12.0. The fraction of sp³-hybridized carbons (Fsp3) is 0.462. The SMILES string of the molecule is O=C(Nc1cccnc1)C1=C(O)[C@@H]2Oc3c(O)ccc4c3[C@@]23CCN(CC2CC2)[C@H](C4)[C@]3(O)C1. The summed E-state index contributed by atoms with van der Waals surface area (Å²) in [7, 11) is 0. The number of pyridine rings is 1. The van der Waals surface area contributed by atoms with Crippen LogP contribution in [-0.2, 0) is 16.6 Å². The van der Waals surface area contributed by atoms with Crippen molar-refractivity contribution in [1.82, 2.24) is 9.88 Å². The number of aromatic hydroxyl groups is 1. The lowest BCUT2D eigenvalue weighted by Gasteiger charge is -2.62. The number of carbonyl (C=O) groups excluding carboxylic acids is 1. The molecule has 1 saturated carbocycles. The zero-order valence-electron chi connectivity index (χ0n) is 18.7. The number of anilines is 1. The molecule has 4 N–H and O–H groups in total. The quantitative estimate of drug-likeness (QED) is 0.553. The number of benzene rings is 1. The largest absolute Gasteiger partial charge is 0.508 e. The Morgan fingerprint density at radius 1 is 1.26 bits per heavy atom. The third kappa shape index (κ3) is 2.50. The summed E-state index contributed by atoms with van der Waals surface area (Å²) in [4.78, 5) is 19.7. The maximum Gasteiger partial charge on any atom is 0.255 e. The normalized spacial score (nSPS) is 33.3. The van der Waals surface area contributed by atoms with Crippen LogP contribution in [0.1, 0.15) is 36.8 Å². The second-order valence-electron chi connectivity index (χ2n) is 10.5. The number of aromatic nitrogens is 1. The number of aliphatic hydroxyl groups excluding tert-OH is 1. The predicted octanol–water partition coefficient (Wildman–Crippen LogP) is 2.41. The van der Waals surface area contributed by atoms with E-state index < -0.39 is 23.0 Å². The van der Waals surface area contributed by atoms with Gasteiger partial charge in [-0.15, -0.1) is 0 Å². The molecule has 7 rings (SSSR count). The van der Waals surface area contributed by atoms with E-state index in [0.29, 0.717) is 30.2 Å². The van der Waals surface area contributed by atoms with Crippen LogP contribution in [-0.4, -0.2) is 61.9 Å². The van der Waals surface area contributed by atoms with Gasteiger partial charge in [-0.1, -0.05) is 6.07 Å². The van der Waals surface area contributed by atoms with Crippen LogP contribution in [0.15, 0.2) is 48.0 Å². The number of aliphatic hydroxyl groups is 2. The molecule has 3 aliphatic carbocycles. The van der Waals surface area contributed by atoms with Crippen molar-refractivity contribution in [2.24, 2.45) is 5.92 Å². The number of rotatable bonds is 4. The Bertz CT molecular complexity index is 1240. The number of phenols is 1. The Morgan fingerprint density at radius 3 is 2.88 bits per heavy atom. The minimum atomic E-state index is -1.31. The van der Waals surface area contributed by atoms with Gasteiger partial charge in [0, 0.05) is 30.8 Å².